The number of carbonyl (C=O) groups is 1. The third-order valence-electron chi connectivity index (χ3n) is 6.26. The van der Waals surface area contributed by atoms with Crippen molar-refractivity contribution in [1.29, 1.82) is 0 Å². The van der Waals surface area contributed by atoms with Crippen LogP contribution in [0.15, 0.2) is 42.9 Å². The first-order valence-corrected chi connectivity index (χ1v) is 12.3. The first kappa shape index (κ1) is 24.1. The summed E-state index contributed by atoms with van der Waals surface area (Å²) in [6, 6.07) is 9.50. The number of hydrogen-bond acceptors (Lipinski definition) is 8. The molecule has 0 saturated carbocycles. The number of halogens is 1. The highest BCUT2D eigenvalue weighted by atomic mass is 35.5. The van der Waals surface area contributed by atoms with E-state index in [1.807, 2.05) is 30.3 Å². The van der Waals surface area contributed by atoms with Crippen molar-refractivity contribution in [2.24, 2.45) is 0 Å². The molecular formula is C26H28ClN5O4. The summed E-state index contributed by atoms with van der Waals surface area (Å²) in [5.41, 5.74) is 2.41. The molecule has 2 N–H and O–H groups in total. The van der Waals surface area contributed by atoms with Crippen molar-refractivity contribution in [3.63, 3.8) is 0 Å². The predicted octanol–water partition coefficient (Wildman–Crippen LogP) is 4.92. The van der Waals surface area contributed by atoms with E-state index < -0.39 is 0 Å². The number of benzene rings is 2. The molecule has 2 aromatic heterocycles. The van der Waals surface area contributed by atoms with Crippen LogP contribution in [0.4, 0.5) is 11.5 Å². The van der Waals surface area contributed by atoms with E-state index in [-0.39, 0.29) is 18.7 Å². The number of carbonyl (C=O) groups excluding carboxylic acids is 1. The lowest BCUT2D eigenvalue weighted by Gasteiger charge is -2.23. The summed E-state index contributed by atoms with van der Waals surface area (Å²) in [6.45, 7) is 4.28. The smallest absolute Gasteiger partial charge is 0.303 e. The number of aromatic amines is 1. The van der Waals surface area contributed by atoms with Gasteiger partial charge in [-0.25, -0.2) is 9.97 Å². The quantitative estimate of drug-likeness (QED) is 0.306. The van der Waals surface area contributed by atoms with Gasteiger partial charge in [-0.2, -0.15) is 0 Å². The Bertz CT molecular complexity index is 1390. The second-order valence-corrected chi connectivity index (χ2v) is 9.19. The summed E-state index contributed by atoms with van der Waals surface area (Å²) >= 11 is 6.28. The number of esters is 1. The number of hydrogen-bond donors (Lipinski definition) is 2. The standard InChI is InChI=1S/C26H28ClN5O4/c1-16(33)36-17(13-32-8-3-4-9-32)14-35-24-11-22-19(10-23(24)34-2)26(30-15-29-22)31-21-7-5-6-18-20(27)12-28-25(18)21/h5-7,10-12,15,17,28H,3-4,8-9,13-14H2,1-2H3,(H,29,30,31). The molecule has 1 saturated heterocycles. The summed E-state index contributed by atoms with van der Waals surface area (Å²) in [7, 11) is 1.58. The Morgan fingerprint density at radius 3 is 2.81 bits per heavy atom. The lowest BCUT2D eigenvalue weighted by Crippen LogP contribution is -2.36. The number of anilines is 2. The zero-order valence-electron chi connectivity index (χ0n) is 20.2. The second kappa shape index (κ2) is 10.6. The molecule has 9 nitrogen and oxygen atoms in total. The van der Waals surface area contributed by atoms with Crippen molar-refractivity contribution >= 4 is 50.9 Å². The Labute approximate surface area is 213 Å². The van der Waals surface area contributed by atoms with Crippen LogP contribution in [0, 0.1) is 0 Å². The number of methoxy groups -OCH3 is 1. The number of ether oxygens (including phenoxy) is 3. The predicted molar refractivity (Wildman–Crippen MR) is 139 cm³/mol. The van der Waals surface area contributed by atoms with Gasteiger partial charge in [0.25, 0.3) is 0 Å². The highest BCUT2D eigenvalue weighted by molar-refractivity contribution is 6.36. The minimum absolute atomic E-state index is 0.212. The molecule has 1 aliphatic rings. The molecule has 1 fully saturated rings. The minimum Gasteiger partial charge on any atom is -0.493 e. The number of rotatable bonds is 9. The molecule has 4 aromatic rings. The Hall–Kier alpha value is -3.56. The zero-order chi connectivity index (χ0) is 25.1. The van der Waals surface area contributed by atoms with Gasteiger partial charge in [-0.1, -0.05) is 23.7 Å². The molecule has 0 amide bonds. The molecule has 5 rings (SSSR count). The molecule has 0 bridgehead atoms. The van der Waals surface area contributed by atoms with E-state index in [1.165, 1.54) is 13.3 Å². The molecule has 1 unspecified atom stereocenters. The molecule has 0 spiro atoms. The molecule has 0 aliphatic carbocycles. The number of H-pyrrole nitrogens is 1. The fraction of sp³-hybridized carbons (Fsp3) is 0.346. The van der Waals surface area contributed by atoms with Crippen LogP contribution in [0.3, 0.4) is 0 Å². The molecule has 3 heterocycles. The third-order valence-corrected chi connectivity index (χ3v) is 6.57. The van der Waals surface area contributed by atoms with Crippen LogP contribution in [-0.2, 0) is 9.53 Å². The number of nitrogens with one attached hydrogen (secondary N) is 2. The van der Waals surface area contributed by atoms with Gasteiger partial charge < -0.3 is 24.5 Å². The Morgan fingerprint density at radius 1 is 1.19 bits per heavy atom. The van der Waals surface area contributed by atoms with E-state index in [1.54, 1.807) is 13.3 Å². The molecule has 0 radical (unpaired) electrons. The maximum absolute atomic E-state index is 11.7. The van der Waals surface area contributed by atoms with E-state index in [2.05, 4.69) is 25.2 Å². The van der Waals surface area contributed by atoms with E-state index in [0.717, 1.165) is 47.9 Å². The fourth-order valence-corrected chi connectivity index (χ4v) is 4.79. The van der Waals surface area contributed by atoms with Crippen molar-refractivity contribution in [3.8, 4) is 11.5 Å². The van der Waals surface area contributed by atoms with Gasteiger partial charge in [0.2, 0.25) is 0 Å². The molecule has 2 aromatic carbocycles. The van der Waals surface area contributed by atoms with Gasteiger partial charge in [-0.3, -0.25) is 9.69 Å². The van der Waals surface area contributed by atoms with Crippen molar-refractivity contribution in [2.45, 2.75) is 25.9 Å². The first-order valence-electron chi connectivity index (χ1n) is 11.9. The average molecular weight is 510 g/mol. The number of fused-ring (bicyclic) bond motifs is 2. The minimum atomic E-state index is -0.378. The van der Waals surface area contributed by atoms with Gasteiger partial charge in [0.05, 0.1) is 28.9 Å². The highest BCUT2D eigenvalue weighted by Crippen LogP contribution is 2.36. The van der Waals surface area contributed by atoms with Gasteiger partial charge in [-0.15, -0.1) is 0 Å². The zero-order valence-corrected chi connectivity index (χ0v) is 21.0. The van der Waals surface area contributed by atoms with Crippen LogP contribution < -0.4 is 14.8 Å². The number of likely N-dealkylation sites (tertiary alicyclic amines) is 1. The van der Waals surface area contributed by atoms with Crippen LogP contribution >= 0.6 is 11.6 Å². The van der Waals surface area contributed by atoms with Crippen LogP contribution in [0.5, 0.6) is 11.5 Å². The summed E-state index contributed by atoms with van der Waals surface area (Å²) in [4.78, 5) is 26.0. The van der Waals surface area contributed by atoms with E-state index in [0.29, 0.717) is 34.4 Å². The Kier molecular flexibility index (Phi) is 7.11. The summed E-state index contributed by atoms with van der Waals surface area (Å²) < 4.78 is 17.3. The van der Waals surface area contributed by atoms with Gasteiger partial charge in [0.1, 0.15) is 24.9 Å². The molecule has 1 atom stereocenters. The largest absolute Gasteiger partial charge is 0.493 e. The number of para-hydroxylation sites is 1. The molecule has 1 aliphatic heterocycles. The maximum atomic E-state index is 11.7. The number of nitrogens with zero attached hydrogens (tertiary/aromatic N) is 3. The van der Waals surface area contributed by atoms with Gasteiger partial charge in [-0.05, 0) is 38.1 Å². The maximum Gasteiger partial charge on any atom is 0.303 e. The van der Waals surface area contributed by atoms with Crippen LogP contribution in [-0.4, -0.2) is 65.3 Å². The fourth-order valence-electron chi connectivity index (χ4n) is 4.58. The molecule has 188 valence electrons. The Morgan fingerprint density at radius 2 is 2.03 bits per heavy atom. The van der Waals surface area contributed by atoms with Gasteiger partial charge in [0.15, 0.2) is 11.5 Å². The normalized spacial score (nSPS) is 14.8. The molecule has 10 heteroatoms. The highest BCUT2D eigenvalue weighted by Gasteiger charge is 2.22. The summed E-state index contributed by atoms with van der Waals surface area (Å²) in [5.74, 6) is 1.35. The van der Waals surface area contributed by atoms with Gasteiger partial charge in [0, 0.05) is 36.5 Å². The monoisotopic (exact) mass is 509 g/mol. The second-order valence-electron chi connectivity index (χ2n) is 8.78. The van der Waals surface area contributed by atoms with Crippen molar-refractivity contribution in [2.75, 3.05) is 38.7 Å². The van der Waals surface area contributed by atoms with Crippen LogP contribution in [0.25, 0.3) is 21.8 Å². The van der Waals surface area contributed by atoms with E-state index in [4.69, 9.17) is 25.8 Å². The summed E-state index contributed by atoms with van der Waals surface area (Å²) in [5, 5.41) is 5.73. The lowest BCUT2D eigenvalue weighted by molar-refractivity contribution is -0.148. The van der Waals surface area contributed by atoms with E-state index in [9.17, 15) is 4.79 Å². The van der Waals surface area contributed by atoms with Crippen LogP contribution in [0.2, 0.25) is 5.02 Å². The van der Waals surface area contributed by atoms with Crippen LogP contribution in [0.1, 0.15) is 19.8 Å². The Balaban J connectivity index is 1.40. The van der Waals surface area contributed by atoms with Crippen molar-refractivity contribution in [3.05, 3.63) is 47.9 Å². The first-order chi connectivity index (χ1) is 17.5. The third kappa shape index (κ3) is 5.17. The summed E-state index contributed by atoms with van der Waals surface area (Å²) in [6.07, 6.45) is 5.20. The SMILES string of the molecule is COc1cc2c(Nc3cccc4c(Cl)c[nH]c34)ncnc2cc1OCC(CN1CCCC1)OC(C)=O. The molecular weight excluding hydrogens is 482 g/mol. The number of aromatic nitrogens is 3. The average Bonchev–Trinajstić information content (AvgIpc) is 3.52. The van der Waals surface area contributed by atoms with Crippen molar-refractivity contribution < 1.29 is 19.0 Å². The molecule has 36 heavy (non-hydrogen) atoms. The topological polar surface area (TPSA) is 102 Å². The lowest BCUT2D eigenvalue weighted by atomic mass is 10.2. The van der Waals surface area contributed by atoms with Gasteiger partial charge >= 0.3 is 5.97 Å². The van der Waals surface area contributed by atoms with Crippen molar-refractivity contribution in [1.82, 2.24) is 19.9 Å². The van der Waals surface area contributed by atoms with E-state index >= 15 is 0 Å².